The predicted octanol–water partition coefficient (Wildman–Crippen LogP) is 1.19. The number of carbonyl (C=O) groups is 1. The molecule has 0 radical (unpaired) electrons. The molecule has 1 N–H and O–H groups in total. The second-order valence-electron chi connectivity index (χ2n) is 2.70. The Labute approximate surface area is 90.1 Å². The van der Waals surface area contributed by atoms with Crippen molar-refractivity contribution in [2.45, 2.75) is 6.42 Å². The van der Waals surface area contributed by atoms with Gasteiger partial charge in [0.1, 0.15) is 0 Å². The SMILES string of the molecule is O=C(NCCc1ccccc1)O[SiH2]Cl. The van der Waals surface area contributed by atoms with E-state index in [1.165, 1.54) is 5.56 Å². The van der Waals surface area contributed by atoms with E-state index in [9.17, 15) is 4.79 Å². The Morgan fingerprint density at radius 2 is 2.14 bits per heavy atom. The van der Waals surface area contributed by atoms with Crippen molar-refractivity contribution in [3.63, 3.8) is 0 Å². The van der Waals surface area contributed by atoms with Crippen molar-refractivity contribution in [1.82, 2.24) is 5.32 Å². The zero-order valence-corrected chi connectivity index (χ0v) is 9.87. The summed E-state index contributed by atoms with van der Waals surface area (Å²) in [5, 5.41) is 2.62. The Kier molecular flexibility index (Phi) is 5.10. The second-order valence-corrected chi connectivity index (χ2v) is 3.86. The summed E-state index contributed by atoms with van der Waals surface area (Å²) in [7, 11) is -1.16. The fourth-order valence-corrected chi connectivity index (χ4v) is 1.55. The molecule has 0 aliphatic heterocycles. The monoisotopic (exact) mass is 229 g/mol. The minimum absolute atomic E-state index is 0.414. The quantitative estimate of drug-likeness (QED) is 0.622. The van der Waals surface area contributed by atoms with Crippen molar-refractivity contribution in [3.05, 3.63) is 35.9 Å². The van der Waals surface area contributed by atoms with Gasteiger partial charge in [0.25, 0.3) is 0 Å². The number of halogens is 1. The molecule has 14 heavy (non-hydrogen) atoms. The van der Waals surface area contributed by atoms with E-state index in [4.69, 9.17) is 11.1 Å². The average molecular weight is 230 g/mol. The lowest BCUT2D eigenvalue weighted by atomic mass is 10.1. The van der Waals surface area contributed by atoms with E-state index < -0.39 is 15.2 Å². The average Bonchev–Trinajstić information content (AvgIpc) is 2.20. The van der Waals surface area contributed by atoms with Crippen molar-refractivity contribution in [2.24, 2.45) is 0 Å². The molecule has 0 aromatic heterocycles. The van der Waals surface area contributed by atoms with Gasteiger partial charge in [-0.25, -0.2) is 4.79 Å². The van der Waals surface area contributed by atoms with Crippen LogP contribution in [0.4, 0.5) is 4.79 Å². The number of amides is 1. The van der Waals surface area contributed by atoms with Crippen LogP contribution in [0.3, 0.4) is 0 Å². The molecule has 0 saturated carbocycles. The van der Waals surface area contributed by atoms with Crippen LogP contribution in [-0.4, -0.2) is 21.7 Å². The summed E-state index contributed by atoms with van der Waals surface area (Å²) in [6, 6.07) is 9.94. The van der Waals surface area contributed by atoms with Crippen LogP contribution in [0.2, 0.25) is 0 Å². The fraction of sp³-hybridized carbons (Fsp3) is 0.222. The molecule has 76 valence electrons. The smallest absolute Gasteiger partial charge is 0.394 e. The lowest BCUT2D eigenvalue weighted by molar-refractivity contribution is 0.204. The predicted molar refractivity (Wildman–Crippen MR) is 59.0 cm³/mol. The van der Waals surface area contributed by atoms with Gasteiger partial charge >= 0.3 is 15.2 Å². The van der Waals surface area contributed by atoms with Gasteiger partial charge in [-0.2, -0.15) is 0 Å². The third-order valence-electron chi connectivity index (χ3n) is 1.71. The minimum Gasteiger partial charge on any atom is -0.495 e. The zero-order chi connectivity index (χ0) is 10.2. The molecule has 0 fully saturated rings. The normalized spacial score (nSPS) is 10.4. The van der Waals surface area contributed by atoms with Crippen molar-refractivity contribution < 1.29 is 9.22 Å². The summed E-state index contributed by atoms with van der Waals surface area (Å²) >= 11 is 5.35. The van der Waals surface area contributed by atoms with E-state index in [-0.39, 0.29) is 0 Å². The van der Waals surface area contributed by atoms with E-state index in [1.807, 2.05) is 30.3 Å². The Hall–Kier alpha value is -1.00. The number of hydrogen-bond donors (Lipinski definition) is 1. The molecule has 1 aromatic rings. The molecule has 0 aliphatic rings. The lowest BCUT2D eigenvalue weighted by Crippen LogP contribution is -2.26. The summed E-state index contributed by atoms with van der Waals surface area (Å²) < 4.78 is 4.63. The molecule has 1 amide bonds. The first kappa shape index (κ1) is 11.1. The second kappa shape index (κ2) is 6.45. The van der Waals surface area contributed by atoms with Crippen LogP contribution >= 0.6 is 11.1 Å². The Morgan fingerprint density at radius 3 is 2.79 bits per heavy atom. The number of carbonyl (C=O) groups excluding carboxylic acids is 1. The van der Waals surface area contributed by atoms with Crippen molar-refractivity contribution >= 4 is 26.2 Å². The van der Waals surface area contributed by atoms with Crippen LogP contribution in [0.1, 0.15) is 5.56 Å². The van der Waals surface area contributed by atoms with E-state index in [0.29, 0.717) is 6.54 Å². The molecule has 1 aromatic carbocycles. The van der Waals surface area contributed by atoms with Crippen LogP contribution in [0.5, 0.6) is 0 Å². The first-order chi connectivity index (χ1) is 6.83. The van der Waals surface area contributed by atoms with Gasteiger partial charge in [-0.05, 0) is 12.0 Å². The number of hydrogen-bond acceptors (Lipinski definition) is 2. The van der Waals surface area contributed by atoms with E-state index >= 15 is 0 Å². The molecule has 0 unspecified atom stereocenters. The zero-order valence-electron chi connectivity index (χ0n) is 7.70. The van der Waals surface area contributed by atoms with Crippen molar-refractivity contribution in [2.75, 3.05) is 6.54 Å². The van der Waals surface area contributed by atoms with Gasteiger partial charge in [-0.15, -0.1) is 11.1 Å². The largest absolute Gasteiger partial charge is 0.495 e. The summed E-state index contributed by atoms with van der Waals surface area (Å²) in [5.41, 5.74) is 1.19. The standard InChI is InChI=1S/C9H12ClNO2Si/c10-14-13-9(12)11-7-6-8-4-2-1-3-5-8/h1-5H,6-7,14H2,(H,11,12). The Morgan fingerprint density at radius 1 is 1.43 bits per heavy atom. The number of benzene rings is 1. The summed E-state index contributed by atoms with van der Waals surface area (Å²) in [6.07, 6.45) is 0.391. The molecular weight excluding hydrogens is 218 g/mol. The van der Waals surface area contributed by atoms with Crippen LogP contribution in [0.25, 0.3) is 0 Å². The van der Waals surface area contributed by atoms with E-state index in [2.05, 4.69) is 9.74 Å². The van der Waals surface area contributed by atoms with Gasteiger partial charge < -0.3 is 9.74 Å². The molecule has 0 bridgehead atoms. The fourth-order valence-electron chi connectivity index (χ4n) is 1.05. The first-order valence-electron chi connectivity index (χ1n) is 4.33. The van der Waals surface area contributed by atoms with E-state index in [0.717, 1.165) is 6.42 Å². The molecule has 0 aliphatic carbocycles. The van der Waals surface area contributed by atoms with Gasteiger partial charge in [0, 0.05) is 6.54 Å². The summed E-state index contributed by atoms with van der Waals surface area (Å²) in [5.74, 6) is 0. The van der Waals surface area contributed by atoms with Gasteiger partial charge in [0.05, 0.1) is 0 Å². The first-order valence-corrected chi connectivity index (χ1v) is 7.05. The maximum atomic E-state index is 10.9. The number of rotatable bonds is 4. The van der Waals surface area contributed by atoms with Gasteiger partial charge in [0.15, 0.2) is 0 Å². The molecule has 1 rings (SSSR count). The van der Waals surface area contributed by atoms with Gasteiger partial charge in [0.2, 0.25) is 0 Å². The Bertz CT molecular complexity index is 281. The highest BCUT2D eigenvalue weighted by molar-refractivity contribution is 6.90. The summed E-state index contributed by atoms with van der Waals surface area (Å²) in [6.45, 7) is 0.578. The molecule has 0 spiro atoms. The Balaban J connectivity index is 2.19. The number of nitrogens with one attached hydrogen (secondary N) is 1. The van der Waals surface area contributed by atoms with Crippen LogP contribution in [0, 0.1) is 0 Å². The molecule has 0 saturated heterocycles. The molecule has 0 atom stereocenters. The van der Waals surface area contributed by atoms with Crippen LogP contribution in [-0.2, 0) is 10.8 Å². The lowest BCUT2D eigenvalue weighted by Gasteiger charge is -2.04. The maximum Gasteiger partial charge on any atom is 0.394 e. The third-order valence-corrected chi connectivity index (χ3v) is 2.41. The minimum atomic E-state index is -1.16. The maximum absolute atomic E-state index is 10.9. The summed E-state index contributed by atoms with van der Waals surface area (Å²) in [4.78, 5) is 10.9. The van der Waals surface area contributed by atoms with Crippen LogP contribution in [0.15, 0.2) is 30.3 Å². The highest BCUT2D eigenvalue weighted by Gasteiger charge is 1.98. The van der Waals surface area contributed by atoms with Crippen molar-refractivity contribution in [1.29, 1.82) is 0 Å². The van der Waals surface area contributed by atoms with Crippen molar-refractivity contribution in [3.8, 4) is 0 Å². The highest BCUT2D eigenvalue weighted by Crippen LogP contribution is 1.98. The van der Waals surface area contributed by atoms with Crippen LogP contribution < -0.4 is 5.32 Å². The van der Waals surface area contributed by atoms with Gasteiger partial charge in [-0.3, -0.25) is 0 Å². The highest BCUT2D eigenvalue weighted by atomic mass is 35.6. The molecular formula is C9H12ClNO2Si. The molecule has 3 nitrogen and oxygen atoms in total. The topological polar surface area (TPSA) is 38.3 Å². The molecule has 5 heteroatoms. The third kappa shape index (κ3) is 4.29. The van der Waals surface area contributed by atoms with Gasteiger partial charge in [-0.1, -0.05) is 30.3 Å². The molecule has 0 heterocycles. The van der Waals surface area contributed by atoms with E-state index in [1.54, 1.807) is 0 Å².